The number of phenolic OH excluding ortho intramolecular Hbond substituents is 1. The van der Waals surface area contributed by atoms with Crippen molar-refractivity contribution in [2.24, 2.45) is 17.6 Å². The van der Waals surface area contributed by atoms with Crippen LogP contribution >= 0.6 is 12.6 Å². The van der Waals surface area contributed by atoms with E-state index in [1.54, 1.807) is 6.92 Å². The third kappa shape index (κ3) is 23.4. The molecule has 0 unspecified atom stereocenters. The molecule has 10 atom stereocenters. The SMILES string of the molecule is CCCC[C@H](NC(=O)[C@@H]1CCCN1C(=O)[C@H](CS)NC(=O)[C@H](CC(F)F)NC(=O)[C@@H](NC(=O)[C@@H](NC(=O)[C@H](CC(=O)O)NC(=O)[C@H](CCC(=O)O)NC(C)=O)C(C)C)C(C)C)C(=O)N[C@@H](CO)C(=O)N[C@@H](Cc1ccc(O)cc1)C(N)=O. The smallest absolute Gasteiger partial charge is 0.305 e. The van der Waals surface area contributed by atoms with Crippen LogP contribution < -0.4 is 53.6 Å². The number of benzene rings is 1. The topological polar surface area (TPSA) is 440 Å². The number of nitrogens with one attached hydrogen (secondary N) is 9. The number of thiol groups is 1. The van der Waals surface area contributed by atoms with Gasteiger partial charge in [0.2, 0.25) is 71.4 Å². The normalized spacial score (nSPS) is 16.4. The van der Waals surface area contributed by atoms with Gasteiger partial charge in [0.25, 0.3) is 0 Å². The van der Waals surface area contributed by atoms with Crippen molar-refractivity contribution < 1.29 is 91.5 Å². The van der Waals surface area contributed by atoms with E-state index in [9.17, 15) is 86.4 Å². The first kappa shape index (κ1) is 70.4. The van der Waals surface area contributed by atoms with Gasteiger partial charge in [-0.2, -0.15) is 12.6 Å². The molecule has 28 nitrogen and oxygen atoms in total. The molecule has 458 valence electrons. The number of carboxylic acid groups (broad SMARTS) is 2. The minimum Gasteiger partial charge on any atom is -0.508 e. The maximum Gasteiger partial charge on any atom is 0.305 e. The molecule has 0 bridgehead atoms. The lowest BCUT2D eigenvalue weighted by Gasteiger charge is -2.31. The van der Waals surface area contributed by atoms with Crippen LogP contribution in [0.15, 0.2) is 24.3 Å². The zero-order chi connectivity index (χ0) is 62.1. The summed E-state index contributed by atoms with van der Waals surface area (Å²) in [7, 11) is 0. The number of unbranched alkanes of at least 4 members (excludes halogenated alkanes) is 1. The van der Waals surface area contributed by atoms with E-state index in [1.807, 2.05) is 0 Å². The Balaban J connectivity index is 2.26. The fraction of sp³-hybridized carbons (Fsp3) is 0.627. The van der Waals surface area contributed by atoms with Gasteiger partial charge in [0.05, 0.1) is 13.0 Å². The fourth-order valence-electron chi connectivity index (χ4n) is 8.41. The molecule has 82 heavy (non-hydrogen) atoms. The van der Waals surface area contributed by atoms with E-state index < -0.39 is 194 Å². The molecule has 1 aliphatic rings. The summed E-state index contributed by atoms with van der Waals surface area (Å²) < 4.78 is 28.2. The summed E-state index contributed by atoms with van der Waals surface area (Å²) in [6.07, 6.45) is -5.43. The average molecular weight is 1190 g/mol. The average Bonchev–Trinajstić information content (AvgIpc) is 3.94. The van der Waals surface area contributed by atoms with Gasteiger partial charge in [-0.3, -0.25) is 62.3 Å². The van der Waals surface area contributed by atoms with E-state index in [1.165, 1.54) is 52.0 Å². The quantitative estimate of drug-likeness (QED) is 0.0306. The monoisotopic (exact) mass is 1190 g/mol. The number of aliphatic hydroxyl groups excluding tert-OH is 1. The first-order valence-electron chi connectivity index (χ1n) is 26.5. The molecule has 1 aromatic carbocycles. The second kappa shape index (κ2) is 34.6. The van der Waals surface area contributed by atoms with Crippen molar-refractivity contribution >= 4 is 89.5 Å². The lowest BCUT2D eigenvalue weighted by molar-refractivity contribution is -0.142. The molecule has 15 N–H and O–H groups in total. The Kier molecular flexibility index (Phi) is 29.7. The minimum absolute atomic E-state index is 0.0290. The number of amides is 11. The molecule has 1 aliphatic heterocycles. The first-order chi connectivity index (χ1) is 38.4. The third-order valence-corrected chi connectivity index (χ3v) is 13.2. The maximum atomic E-state index is 14.1. The van der Waals surface area contributed by atoms with Crippen molar-refractivity contribution in [3.05, 3.63) is 29.8 Å². The standard InChI is InChI=1S/C51H77F2N11O17S/c1-7-8-10-29(43(73)60-34(22-65)47(77)57-31(42(54)72)19-27-12-14-28(67)15-13-27)56-48(78)36-11-9-18-64(36)51(81)35(23-82)61-45(75)32(20-37(52)53)59-49(79)40(24(2)3)63-50(80)41(25(4)5)62-46(76)33(21-39(70)71)58-44(74)30(55-26(6)66)16-17-38(68)69/h12-15,24-25,29-37,40-41,65,67,82H,7-11,16-23H2,1-6H3,(H2,54,72)(H,55,66)(H,56,78)(H,57,77)(H,58,74)(H,59,79)(H,60,73)(H,61,75)(H,62,76)(H,63,80)(H,68,69)(H,70,71)/t29-,30-,31-,32-,33-,34-,35-,36-,40-,41-/m0/s1. The van der Waals surface area contributed by atoms with Crippen LogP contribution in [-0.2, 0) is 68.7 Å². The predicted octanol–water partition coefficient (Wildman–Crippen LogP) is -2.79. The number of aliphatic carboxylic acids is 2. The molecule has 1 heterocycles. The number of halogens is 2. The van der Waals surface area contributed by atoms with Crippen molar-refractivity contribution in [1.29, 1.82) is 0 Å². The molecular weight excluding hydrogens is 1110 g/mol. The molecule has 11 amide bonds. The summed E-state index contributed by atoms with van der Waals surface area (Å²) in [4.78, 5) is 171. The van der Waals surface area contributed by atoms with Crippen LogP contribution in [0.4, 0.5) is 8.78 Å². The molecular formula is C51H77F2N11O17S. The van der Waals surface area contributed by atoms with Gasteiger partial charge in [0.1, 0.15) is 66.2 Å². The highest BCUT2D eigenvalue weighted by Gasteiger charge is 2.41. The van der Waals surface area contributed by atoms with E-state index in [2.05, 4.69) is 60.5 Å². The second-order valence-electron chi connectivity index (χ2n) is 20.2. The summed E-state index contributed by atoms with van der Waals surface area (Å²) >= 11 is 4.19. The number of carbonyl (C=O) groups excluding carboxylic acids is 11. The van der Waals surface area contributed by atoms with Crippen molar-refractivity contribution in [2.45, 2.75) is 173 Å². The molecule has 0 saturated carbocycles. The summed E-state index contributed by atoms with van der Waals surface area (Å²) in [6.45, 7) is 7.63. The van der Waals surface area contributed by atoms with Crippen LogP contribution in [0.5, 0.6) is 5.75 Å². The Hall–Kier alpha value is -7.70. The molecule has 1 aromatic rings. The van der Waals surface area contributed by atoms with Gasteiger partial charge in [0.15, 0.2) is 0 Å². The lowest BCUT2D eigenvalue weighted by atomic mass is 9.98. The van der Waals surface area contributed by atoms with Crippen LogP contribution in [0.1, 0.15) is 105 Å². The molecule has 2 rings (SSSR count). The number of rotatable bonds is 35. The number of aliphatic hydroxyl groups is 1. The van der Waals surface area contributed by atoms with E-state index in [4.69, 9.17) is 10.8 Å². The van der Waals surface area contributed by atoms with Gasteiger partial charge in [-0.15, -0.1) is 0 Å². The zero-order valence-electron chi connectivity index (χ0n) is 46.3. The number of primary amides is 1. The number of hydrogen-bond acceptors (Lipinski definition) is 16. The number of aromatic hydroxyl groups is 1. The van der Waals surface area contributed by atoms with Crippen LogP contribution in [0.3, 0.4) is 0 Å². The molecule has 0 aliphatic carbocycles. The molecule has 0 aromatic heterocycles. The van der Waals surface area contributed by atoms with Crippen LogP contribution in [0, 0.1) is 11.8 Å². The number of hydrogen-bond donors (Lipinski definition) is 15. The largest absolute Gasteiger partial charge is 0.508 e. The highest BCUT2D eigenvalue weighted by Crippen LogP contribution is 2.21. The first-order valence-corrected chi connectivity index (χ1v) is 27.1. The van der Waals surface area contributed by atoms with Crippen LogP contribution in [0.25, 0.3) is 0 Å². The Morgan fingerprint density at radius 1 is 0.646 bits per heavy atom. The Morgan fingerprint density at radius 3 is 1.63 bits per heavy atom. The lowest BCUT2D eigenvalue weighted by Crippen LogP contribution is -2.62. The predicted molar refractivity (Wildman–Crippen MR) is 289 cm³/mol. The zero-order valence-corrected chi connectivity index (χ0v) is 47.2. The Labute approximate surface area is 477 Å². The molecule has 0 spiro atoms. The number of nitrogens with two attached hydrogens (primary N) is 1. The van der Waals surface area contributed by atoms with Gasteiger partial charge in [-0.05, 0) is 55.2 Å². The molecule has 1 fully saturated rings. The minimum atomic E-state index is -3.23. The van der Waals surface area contributed by atoms with Gasteiger partial charge in [-0.1, -0.05) is 59.6 Å². The number of alkyl halides is 2. The second-order valence-corrected chi connectivity index (χ2v) is 20.6. The van der Waals surface area contributed by atoms with Gasteiger partial charge >= 0.3 is 11.9 Å². The summed E-state index contributed by atoms with van der Waals surface area (Å²) in [5, 5.41) is 59.2. The number of likely N-dealkylation sites (tertiary alicyclic amines) is 1. The number of carboxylic acids is 2. The van der Waals surface area contributed by atoms with E-state index >= 15 is 0 Å². The number of carbonyl (C=O) groups is 13. The summed E-state index contributed by atoms with van der Waals surface area (Å²) in [5.41, 5.74) is 6.02. The summed E-state index contributed by atoms with van der Waals surface area (Å²) in [6, 6.07) is -9.98. The highest BCUT2D eigenvalue weighted by molar-refractivity contribution is 7.80. The van der Waals surface area contributed by atoms with Gasteiger partial charge < -0.3 is 78.9 Å². The molecule has 31 heteroatoms. The van der Waals surface area contributed by atoms with Crippen LogP contribution in [0.2, 0.25) is 0 Å². The van der Waals surface area contributed by atoms with Gasteiger partial charge in [-0.25, -0.2) is 8.78 Å². The maximum absolute atomic E-state index is 14.1. The number of nitrogens with zero attached hydrogens (tertiary/aromatic N) is 1. The van der Waals surface area contributed by atoms with Crippen LogP contribution in [-0.4, -0.2) is 188 Å². The van der Waals surface area contributed by atoms with E-state index in [0.717, 1.165) is 11.8 Å². The van der Waals surface area contributed by atoms with Crippen molar-refractivity contribution in [3.63, 3.8) is 0 Å². The number of phenols is 1. The molecule has 1 saturated heterocycles. The Morgan fingerprint density at radius 2 is 1.13 bits per heavy atom. The van der Waals surface area contributed by atoms with Crippen molar-refractivity contribution in [2.75, 3.05) is 18.9 Å². The highest BCUT2D eigenvalue weighted by atomic mass is 32.1. The fourth-order valence-corrected chi connectivity index (χ4v) is 8.66. The molecule has 0 radical (unpaired) electrons. The van der Waals surface area contributed by atoms with Gasteiger partial charge in [0, 0.05) is 38.5 Å². The van der Waals surface area contributed by atoms with Crippen molar-refractivity contribution in [1.82, 2.24) is 52.8 Å². The summed E-state index contributed by atoms with van der Waals surface area (Å²) in [5.74, 6) is -16.2. The third-order valence-electron chi connectivity index (χ3n) is 12.9. The van der Waals surface area contributed by atoms with E-state index in [-0.39, 0.29) is 38.0 Å². The van der Waals surface area contributed by atoms with E-state index in [0.29, 0.717) is 18.4 Å². The van der Waals surface area contributed by atoms with Crippen molar-refractivity contribution in [3.8, 4) is 5.75 Å². The Bertz CT molecular complexity index is 2440.